The van der Waals surface area contributed by atoms with Gasteiger partial charge in [0.05, 0.1) is 0 Å². The summed E-state index contributed by atoms with van der Waals surface area (Å²) in [7, 11) is 2.04. The Kier molecular flexibility index (Phi) is 9.41. The molecule has 0 aliphatic carbocycles. The van der Waals surface area contributed by atoms with Crippen molar-refractivity contribution in [1.82, 2.24) is 4.90 Å². The van der Waals surface area contributed by atoms with Crippen LogP contribution >= 0.6 is 0 Å². The summed E-state index contributed by atoms with van der Waals surface area (Å²) in [5.41, 5.74) is 2.39. The molecule has 0 amide bonds. The lowest BCUT2D eigenvalue weighted by atomic mass is 10.1. The molecule has 0 unspecified atom stereocenters. The van der Waals surface area contributed by atoms with Crippen molar-refractivity contribution in [3.05, 3.63) is 36.3 Å². The van der Waals surface area contributed by atoms with E-state index in [-0.39, 0.29) is 0 Å². The Morgan fingerprint density at radius 1 is 1.26 bits per heavy atom. The first-order chi connectivity index (χ1) is 9.04. The van der Waals surface area contributed by atoms with Gasteiger partial charge in [-0.2, -0.15) is 0 Å². The van der Waals surface area contributed by atoms with Crippen LogP contribution in [0.4, 0.5) is 0 Å². The van der Waals surface area contributed by atoms with Crippen LogP contribution in [0.2, 0.25) is 0 Å². The molecule has 0 aliphatic rings. The molecule has 0 aliphatic heterocycles. The SMILES string of the molecule is C=CN=C(C)C/C(C)=C\C/C=C(\N=C)N(C)CCC. The van der Waals surface area contributed by atoms with Gasteiger partial charge in [0.25, 0.3) is 0 Å². The molecule has 0 bridgehead atoms. The maximum atomic E-state index is 4.16. The molecule has 0 rings (SSSR count). The normalized spacial score (nSPS) is 13.4. The number of hydrogen-bond acceptors (Lipinski definition) is 3. The predicted molar refractivity (Wildman–Crippen MR) is 86.9 cm³/mol. The monoisotopic (exact) mass is 261 g/mol. The topological polar surface area (TPSA) is 28.0 Å². The molecule has 0 spiro atoms. The van der Waals surface area contributed by atoms with E-state index in [0.717, 1.165) is 37.3 Å². The molecule has 0 saturated carbocycles. The first-order valence-electron chi connectivity index (χ1n) is 6.72. The Morgan fingerprint density at radius 2 is 1.95 bits per heavy atom. The van der Waals surface area contributed by atoms with Crippen LogP contribution in [0.3, 0.4) is 0 Å². The maximum absolute atomic E-state index is 4.16. The van der Waals surface area contributed by atoms with E-state index in [1.165, 1.54) is 5.57 Å². The van der Waals surface area contributed by atoms with Crippen LogP contribution in [-0.2, 0) is 0 Å². The summed E-state index contributed by atoms with van der Waals surface area (Å²) in [6.07, 6.45) is 8.76. The van der Waals surface area contributed by atoms with Gasteiger partial charge < -0.3 is 4.90 Å². The second-order valence-corrected chi connectivity index (χ2v) is 4.65. The van der Waals surface area contributed by atoms with Crippen LogP contribution in [0.1, 0.15) is 40.0 Å². The standard InChI is InChI=1S/C16H27N3/c1-7-12-19(6)16(17-5)11-9-10-14(3)13-15(4)18-8-2/h8,10-11H,2,5,7,9,12-13H2,1,3-4,6H3/b14-10-,16-11+,18-15?. The van der Waals surface area contributed by atoms with Crippen LogP contribution < -0.4 is 0 Å². The van der Waals surface area contributed by atoms with Gasteiger partial charge in [-0.15, -0.1) is 0 Å². The van der Waals surface area contributed by atoms with Crippen LogP contribution in [0.25, 0.3) is 0 Å². The Labute approximate surface area is 118 Å². The van der Waals surface area contributed by atoms with E-state index in [9.17, 15) is 0 Å². The Hall–Kier alpha value is -1.64. The fourth-order valence-electron chi connectivity index (χ4n) is 1.83. The Balaban J connectivity index is 4.47. The third-order valence-corrected chi connectivity index (χ3v) is 2.73. The minimum Gasteiger partial charge on any atom is -0.360 e. The van der Waals surface area contributed by atoms with E-state index in [2.05, 4.69) is 54.2 Å². The van der Waals surface area contributed by atoms with Crippen molar-refractivity contribution in [3.63, 3.8) is 0 Å². The van der Waals surface area contributed by atoms with Crippen molar-refractivity contribution in [2.75, 3.05) is 13.6 Å². The summed E-state index contributed by atoms with van der Waals surface area (Å²) in [6.45, 7) is 14.5. The molecule has 0 atom stereocenters. The lowest BCUT2D eigenvalue weighted by Crippen LogP contribution is -2.17. The molecule has 0 aromatic rings. The fourth-order valence-corrected chi connectivity index (χ4v) is 1.83. The molecule has 0 heterocycles. The Bertz CT molecular complexity index is 375. The van der Waals surface area contributed by atoms with E-state index < -0.39 is 0 Å². The quantitative estimate of drug-likeness (QED) is 0.451. The van der Waals surface area contributed by atoms with Gasteiger partial charge in [-0.25, -0.2) is 4.99 Å². The molecule has 0 fully saturated rings. The number of aliphatic imine (C=N–C) groups is 2. The molecule has 3 nitrogen and oxygen atoms in total. The van der Waals surface area contributed by atoms with Gasteiger partial charge in [0.1, 0.15) is 5.82 Å². The minimum atomic E-state index is 0.871. The minimum absolute atomic E-state index is 0.871. The molecule has 0 aromatic heterocycles. The average molecular weight is 261 g/mol. The van der Waals surface area contributed by atoms with Gasteiger partial charge in [0.2, 0.25) is 0 Å². The summed E-state index contributed by atoms with van der Waals surface area (Å²) in [5.74, 6) is 0.947. The highest BCUT2D eigenvalue weighted by Crippen LogP contribution is 2.08. The van der Waals surface area contributed by atoms with Crippen LogP contribution in [-0.4, -0.2) is 30.9 Å². The van der Waals surface area contributed by atoms with E-state index in [0.29, 0.717) is 0 Å². The van der Waals surface area contributed by atoms with Crippen LogP contribution in [0.15, 0.2) is 46.3 Å². The zero-order valence-corrected chi connectivity index (χ0v) is 12.8. The Morgan fingerprint density at radius 3 is 2.47 bits per heavy atom. The van der Waals surface area contributed by atoms with Gasteiger partial charge in [-0.3, -0.25) is 4.99 Å². The highest BCUT2D eigenvalue weighted by atomic mass is 15.2. The summed E-state index contributed by atoms with van der Waals surface area (Å²) >= 11 is 0. The van der Waals surface area contributed by atoms with Crippen molar-refractivity contribution in [2.45, 2.75) is 40.0 Å². The zero-order valence-electron chi connectivity index (χ0n) is 12.8. The van der Waals surface area contributed by atoms with Crippen LogP contribution in [0.5, 0.6) is 0 Å². The summed E-state index contributed by atoms with van der Waals surface area (Å²) in [4.78, 5) is 10.4. The molecule has 0 radical (unpaired) electrons. The predicted octanol–water partition coefficient (Wildman–Crippen LogP) is 4.20. The smallest absolute Gasteiger partial charge is 0.123 e. The molecule has 3 heteroatoms. The van der Waals surface area contributed by atoms with Gasteiger partial charge >= 0.3 is 0 Å². The number of allylic oxidation sites excluding steroid dienone is 3. The molecule has 0 saturated heterocycles. The molecule has 0 N–H and O–H groups in total. The highest BCUT2D eigenvalue weighted by Gasteiger charge is 1.99. The maximum Gasteiger partial charge on any atom is 0.123 e. The van der Waals surface area contributed by atoms with E-state index >= 15 is 0 Å². The molecule has 19 heavy (non-hydrogen) atoms. The largest absolute Gasteiger partial charge is 0.360 e. The lowest BCUT2D eigenvalue weighted by Gasteiger charge is -2.17. The second-order valence-electron chi connectivity index (χ2n) is 4.65. The van der Waals surface area contributed by atoms with Crippen molar-refractivity contribution in [1.29, 1.82) is 0 Å². The van der Waals surface area contributed by atoms with Gasteiger partial charge in [-0.1, -0.05) is 25.2 Å². The van der Waals surface area contributed by atoms with Crippen molar-refractivity contribution in [2.24, 2.45) is 9.98 Å². The highest BCUT2D eigenvalue weighted by molar-refractivity contribution is 5.84. The van der Waals surface area contributed by atoms with Crippen molar-refractivity contribution >= 4 is 12.4 Å². The fraction of sp³-hybridized carbons (Fsp3) is 0.500. The zero-order chi connectivity index (χ0) is 14.7. The van der Waals surface area contributed by atoms with Crippen molar-refractivity contribution in [3.8, 4) is 0 Å². The van der Waals surface area contributed by atoms with Gasteiger partial charge in [-0.05, 0) is 39.5 Å². The number of nitrogens with zero attached hydrogens (tertiary/aromatic N) is 3. The summed E-state index contributed by atoms with van der Waals surface area (Å²) in [6, 6.07) is 0. The molecular formula is C16H27N3. The molecule has 0 aromatic carbocycles. The van der Waals surface area contributed by atoms with Crippen LogP contribution in [0, 0.1) is 0 Å². The van der Waals surface area contributed by atoms with E-state index in [4.69, 9.17) is 0 Å². The lowest BCUT2D eigenvalue weighted by molar-refractivity contribution is 0.412. The first kappa shape index (κ1) is 17.4. The molecular weight excluding hydrogens is 234 g/mol. The number of hydrogen-bond donors (Lipinski definition) is 0. The number of rotatable bonds is 9. The third kappa shape index (κ3) is 8.14. The summed E-state index contributed by atoms with van der Waals surface area (Å²) < 4.78 is 0. The third-order valence-electron chi connectivity index (χ3n) is 2.73. The second kappa shape index (κ2) is 10.3. The average Bonchev–Trinajstić information content (AvgIpc) is 2.35. The van der Waals surface area contributed by atoms with E-state index in [1.807, 2.05) is 14.0 Å². The van der Waals surface area contributed by atoms with Gasteiger partial charge in [0.15, 0.2) is 0 Å². The molecule has 106 valence electrons. The summed E-state index contributed by atoms with van der Waals surface area (Å²) in [5, 5.41) is 0. The van der Waals surface area contributed by atoms with Crippen molar-refractivity contribution < 1.29 is 0 Å². The van der Waals surface area contributed by atoms with Gasteiger partial charge in [0, 0.05) is 31.9 Å². The van der Waals surface area contributed by atoms with E-state index in [1.54, 1.807) is 6.20 Å². The first-order valence-corrected chi connectivity index (χ1v) is 6.72.